The second-order valence-corrected chi connectivity index (χ2v) is 10.7. The minimum absolute atomic E-state index is 0.206. The van der Waals surface area contributed by atoms with Crippen molar-refractivity contribution in [2.24, 2.45) is 5.92 Å². The van der Waals surface area contributed by atoms with Gasteiger partial charge in [0.2, 0.25) is 10.0 Å². The molecule has 0 bridgehead atoms. The molecule has 2 aromatic rings. The summed E-state index contributed by atoms with van der Waals surface area (Å²) in [6.45, 7) is 7.45. The van der Waals surface area contributed by atoms with Gasteiger partial charge < -0.3 is 10.1 Å². The Morgan fingerprint density at radius 3 is 2.24 bits per heavy atom. The van der Waals surface area contributed by atoms with Gasteiger partial charge in [-0.2, -0.15) is 4.31 Å². The standard InChI is InChI=1S/C25H31FN2O5S/c1-16-5-10-23(15-17(16)2)34(31,32)28-13-11-21(12-14-28)25(30)33-19(4)24(29)27-18(3)20-6-8-22(26)9-7-20/h5-10,15,18-19,21H,11-14H2,1-4H3,(H,27,29). The quantitative estimate of drug-likeness (QED) is 0.598. The van der Waals surface area contributed by atoms with E-state index in [2.05, 4.69) is 5.32 Å². The molecule has 0 aliphatic carbocycles. The van der Waals surface area contributed by atoms with Crippen LogP contribution in [0.5, 0.6) is 0 Å². The number of sulfonamides is 1. The third kappa shape index (κ3) is 6.01. The van der Waals surface area contributed by atoms with Gasteiger partial charge in [0, 0.05) is 13.1 Å². The molecule has 2 atom stereocenters. The Balaban J connectivity index is 1.52. The van der Waals surface area contributed by atoms with Crippen LogP contribution in [0.1, 0.15) is 49.4 Å². The van der Waals surface area contributed by atoms with Crippen LogP contribution >= 0.6 is 0 Å². The normalized spacial score (nSPS) is 17.1. The van der Waals surface area contributed by atoms with Crippen molar-refractivity contribution >= 4 is 21.9 Å². The Morgan fingerprint density at radius 2 is 1.65 bits per heavy atom. The first-order chi connectivity index (χ1) is 16.0. The number of hydrogen-bond acceptors (Lipinski definition) is 5. The Labute approximate surface area is 200 Å². The first-order valence-electron chi connectivity index (χ1n) is 11.3. The Morgan fingerprint density at radius 1 is 1.03 bits per heavy atom. The average molecular weight is 491 g/mol. The smallest absolute Gasteiger partial charge is 0.309 e. The number of nitrogens with zero attached hydrogens (tertiary/aromatic N) is 1. The number of nitrogens with one attached hydrogen (secondary N) is 1. The lowest BCUT2D eigenvalue weighted by Gasteiger charge is -2.30. The molecular weight excluding hydrogens is 459 g/mol. The second kappa shape index (κ2) is 10.7. The second-order valence-electron chi connectivity index (χ2n) is 8.79. The highest BCUT2D eigenvalue weighted by Crippen LogP contribution is 2.26. The third-order valence-corrected chi connectivity index (χ3v) is 8.19. The topological polar surface area (TPSA) is 92.8 Å². The number of carbonyl (C=O) groups is 2. The number of rotatable bonds is 7. The molecule has 0 radical (unpaired) electrons. The minimum atomic E-state index is -3.64. The van der Waals surface area contributed by atoms with Crippen molar-refractivity contribution in [2.75, 3.05) is 13.1 Å². The molecule has 7 nitrogen and oxygen atoms in total. The van der Waals surface area contributed by atoms with Gasteiger partial charge in [-0.1, -0.05) is 18.2 Å². The molecule has 1 aliphatic rings. The van der Waals surface area contributed by atoms with Gasteiger partial charge in [0.1, 0.15) is 5.82 Å². The predicted molar refractivity (Wildman–Crippen MR) is 126 cm³/mol. The molecule has 184 valence electrons. The number of carbonyl (C=O) groups excluding carboxylic acids is 2. The molecule has 3 rings (SSSR count). The summed E-state index contributed by atoms with van der Waals surface area (Å²) in [5, 5.41) is 2.75. The largest absolute Gasteiger partial charge is 0.452 e. The van der Waals surface area contributed by atoms with Gasteiger partial charge in [0.05, 0.1) is 16.9 Å². The molecule has 0 saturated carbocycles. The number of halogens is 1. The molecule has 1 saturated heterocycles. The van der Waals surface area contributed by atoms with Crippen molar-refractivity contribution in [2.45, 2.75) is 57.6 Å². The summed E-state index contributed by atoms with van der Waals surface area (Å²) in [6, 6.07) is 10.5. The Hall–Kier alpha value is -2.78. The lowest BCUT2D eigenvalue weighted by molar-refractivity contribution is -0.160. The van der Waals surface area contributed by atoms with Crippen molar-refractivity contribution in [1.29, 1.82) is 0 Å². The Bertz CT molecular complexity index is 1140. The fraction of sp³-hybridized carbons (Fsp3) is 0.440. The lowest BCUT2D eigenvalue weighted by Crippen LogP contribution is -2.42. The van der Waals surface area contributed by atoms with E-state index in [1.54, 1.807) is 37.3 Å². The molecule has 1 fully saturated rings. The van der Waals surface area contributed by atoms with Crippen molar-refractivity contribution in [1.82, 2.24) is 9.62 Å². The fourth-order valence-electron chi connectivity index (χ4n) is 3.84. The number of amides is 1. The van der Waals surface area contributed by atoms with E-state index in [4.69, 9.17) is 4.74 Å². The Kier molecular flexibility index (Phi) is 8.09. The highest BCUT2D eigenvalue weighted by molar-refractivity contribution is 7.89. The van der Waals surface area contributed by atoms with Crippen LogP contribution in [0.15, 0.2) is 47.4 Å². The summed E-state index contributed by atoms with van der Waals surface area (Å²) < 4.78 is 45.8. The lowest BCUT2D eigenvalue weighted by atomic mass is 9.98. The molecule has 0 spiro atoms. The van der Waals surface area contributed by atoms with Crippen molar-refractivity contribution < 1.29 is 27.1 Å². The van der Waals surface area contributed by atoms with E-state index >= 15 is 0 Å². The molecule has 9 heteroatoms. The van der Waals surface area contributed by atoms with E-state index in [-0.39, 0.29) is 29.8 Å². The zero-order valence-electron chi connectivity index (χ0n) is 19.9. The molecule has 1 aliphatic heterocycles. The number of benzene rings is 2. The predicted octanol–water partition coefficient (Wildman–Crippen LogP) is 3.65. The molecule has 34 heavy (non-hydrogen) atoms. The maximum Gasteiger partial charge on any atom is 0.309 e. The van der Waals surface area contributed by atoms with E-state index in [0.717, 1.165) is 16.7 Å². The van der Waals surface area contributed by atoms with Gasteiger partial charge >= 0.3 is 5.97 Å². The average Bonchev–Trinajstić information content (AvgIpc) is 2.81. The van der Waals surface area contributed by atoms with Crippen LogP contribution in [-0.2, 0) is 24.3 Å². The summed E-state index contributed by atoms with van der Waals surface area (Å²) in [5.41, 5.74) is 2.65. The monoisotopic (exact) mass is 490 g/mol. The van der Waals surface area contributed by atoms with E-state index in [9.17, 15) is 22.4 Å². The van der Waals surface area contributed by atoms with Crippen molar-refractivity contribution in [3.63, 3.8) is 0 Å². The van der Waals surface area contributed by atoms with Crippen molar-refractivity contribution in [3.8, 4) is 0 Å². The summed E-state index contributed by atoms with van der Waals surface area (Å²) in [5.74, 6) is -1.81. The van der Waals surface area contributed by atoms with Crippen LogP contribution in [0.2, 0.25) is 0 Å². The van der Waals surface area contributed by atoms with Crippen molar-refractivity contribution in [3.05, 3.63) is 65.0 Å². The van der Waals surface area contributed by atoms with Crippen LogP contribution < -0.4 is 5.32 Å². The number of aryl methyl sites for hydroxylation is 2. The summed E-state index contributed by atoms with van der Waals surface area (Å²) in [6.07, 6.45) is -0.361. The zero-order valence-corrected chi connectivity index (χ0v) is 20.7. The SMILES string of the molecule is Cc1ccc(S(=O)(=O)N2CCC(C(=O)OC(C)C(=O)NC(C)c3ccc(F)cc3)CC2)cc1C. The van der Waals surface area contributed by atoms with Gasteiger partial charge in [0.25, 0.3) is 5.91 Å². The van der Waals surface area contributed by atoms with E-state index in [0.29, 0.717) is 12.8 Å². The molecule has 2 aromatic carbocycles. The molecule has 1 heterocycles. The first-order valence-corrected chi connectivity index (χ1v) is 12.8. The van der Waals surface area contributed by atoms with Gasteiger partial charge in [-0.15, -0.1) is 0 Å². The van der Waals surface area contributed by atoms with Crippen LogP contribution in [0.25, 0.3) is 0 Å². The van der Waals surface area contributed by atoms with E-state index < -0.39 is 33.9 Å². The van der Waals surface area contributed by atoms with Crippen LogP contribution in [0.3, 0.4) is 0 Å². The maximum absolute atomic E-state index is 13.1. The molecule has 0 aromatic heterocycles. The minimum Gasteiger partial charge on any atom is -0.452 e. The molecule has 1 N–H and O–H groups in total. The van der Waals surface area contributed by atoms with Crippen LogP contribution in [-0.4, -0.2) is 43.8 Å². The number of hydrogen-bond donors (Lipinski definition) is 1. The van der Waals surface area contributed by atoms with Gasteiger partial charge in [-0.3, -0.25) is 9.59 Å². The molecule has 1 amide bonds. The zero-order chi connectivity index (χ0) is 25.0. The number of esters is 1. The number of ether oxygens (including phenoxy) is 1. The van der Waals surface area contributed by atoms with Crippen LogP contribution in [0.4, 0.5) is 4.39 Å². The molecular formula is C25H31FN2O5S. The van der Waals surface area contributed by atoms with Gasteiger partial charge in [0.15, 0.2) is 6.10 Å². The highest BCUT2D eigenvalue weighted by Gasteiger charge is 2.34. The summed E-state index contributed by atoms with van der Waals surface area (Å²) in [7, 11) is -3.64. The van der Waals surface area contributed by atoms with Gasteiger partial charge in [-0.25, -0.2) is 12.8 Å². The summed E-state index contributed by atoms with van der Waals surface area (Å²) >= 11 is 0. The molecule has 2 unspecified atom stereocenters. The third-order valence-electron chi connectivity index (χ3n) is 6.29. The van der Waals surface area contributed by atoms with Crippen LogP contribution in [0, 0.1) is 25.6 Å². The first kappa shape index (κ1) is 25.8. The maximum atomic E-state index is 13.1. The highest BCUT2D eigenvalue weighted by atomic mass is 32.2. The number of piperidine rings is 1. The van der Waals surface area contributed by atoms with E-state index in [1.165, 1.54) is 23.4 Å². The van der Waals surface area contributed by atoms with Gasteiger partial charge in [-0.05, 0) is 81.5 Å². The van der Waals surface area contributed by atoms with E-state index in [1.807, 2.05) is 13.8 Å². The summed E-state index contributed by atoms with van der Waals surface area (Å²) in [4.78, 5) is 25.3. The fourth-order valence-corrected chi connectivity index (χ4v) is 5.40.